The summed E-state index contributed by atoms with van der Waals surface area (Å²) in [5.41, 5.74) is 8.30. The monoisotopic (exact) mass is 493 g/mol. The number of ether oxygens (including phenoxy) is 2. The van der Waals surface area contributed by atoms with Crippen LogP contribution >= 0.6 is 0 Å². The van der Waals surface area contributed by atoms with Crippen LogP contribution in [0.5, 0.6) is 0 Å². The number of methoxy groups -OCH3 is 1. The van der Waals surface area contributed by atoms with Crippen molar-refractivity contribution in [2.45, 2.75) is 73.6 Å². The molecule has 5 heteroatoms. The molecule has 0 saturated heterocycles. The van der Waals surface area contributed by atoms with Gasteiger partial charge in [-0.15, -0.1) is 0 Å². The smallest absolute Gasteiger partial charge is 0.292 e. The Morgan fingerprint density at radius 2 is 1.58 bits per heavy atom. The predicted octanol–water partition coefficient (Wildman–Crippen LogP) is 6.67. The van der Waals surface area contributed by atoms with Gasteiger partial charge in [0.15, 0.2) is 0 Å². The van der Waals surface area contributed by atoms with Gasteiger partial charge in [-0.25, -0.2) is 0 Å². The highest BCUT2D eigenvalue weighted by atomic mass is 16.5. The van der Waals surface area contributed by atoms with Gasteiger partial charge in [0.1, 0.15) is 6.29 Å². The first-order valence-electron chi connectivity index (χ1n) is 12.2. The zero-order valence-corrected chi connectivity index (χ0v) is 23.6. The van der Waals surface area contributed by atoms with Crippen LogP contribution in [0.15, 0.2) is 65.4 Å². The lowest BCUT2D eigenvalue weighted by Crippen LogP contribution is -2.29. The molecule has 0 N–H and O–H groups in total. The molecule has 1 atom stereocenters. The Morgan fingerprint density at radius 1 is 1.00 bits per heavy atom. The average Bonchev–Trinajstić information content (AvgIpc) is 2.83. The molecule has 1 unspecified atom stereocenters. The van der Waals surface area contributed by atoms with Crippen molar-refractivity contribution in [2.24, 2.45) is 0 Å². The molecule has 0 fully saturated rings. The molecule has 0 amide bonds. The highest BCUT2D eigenvalue weighted by Gasteiger charge is 2.26. The normalized spacial score (nSPS) is 13.4. The van der Waals surface area contributed by atoms with Crippen molar-refractivity contribution in [2.75, 3.05) is 14.2 Å². The Balaban J connectivity index is 0.00000150. The molecule has 36 heavy (non-hydrogen) atoms. The van der Waals surface area contributed by atoms with Crippen LogP contribution in [0.4, 0.5) is 0 Å². The maximum Gasteiger partial charge on any atom is 0.292 e. The molecule has 0 aromatic heterocycles. The molecule has 0 aliphatic rings. The number of carbonyl (C=O) groups is 2. The van der Waals surface area contributed by atoms with Gasteiger partial charge in [-0.2, -0.15) is 0 Å². The van der Waals surface area contributed by atoms with E-state index in [1.807, 2.05) is 40.7 Å². The molecule has 0 bridgehead atoms. The summed E-state index contributed by atoms with van der Waals surface area (Å²) in [4.78, 5) is 23.2. The molecule has 0 saturated carbocycles. The van der Waals surface area contributed by atoms with E-state index in [1.165, 1.54) is 23.8 Å². The Kier molecular flexibility index (Phi) is 12.3. The van der Waals surface area contributed by atoms with Crippen LogP contribution in [0.3, 0.4) is 0 Å². The van der Waals surface area contributed by atoms with Crippen LogP contribution in [-0.2, 0) is 25.6 Å². The lowest BCUT2D eigenvalue weighted by atomic mass is 9.87. The van der Waals surface area contributed by atoms with Crippen molar-refractivity contribution in [3.8, 4) is 0 Å². The third-order valence-corrected chi connectivity index (χ3v) is 5.90. The van der Waals surface area contributed by atoms with Crippen LogP contribution in [0.25, 0.3) is 5.57 Å². The summed E-state index contributed by atoms with van der Waals surface area (Å²) in [6.45, 7) is 17.6. The Bertz CT molecular complexity index is 1060. The molecule has 196 valence electrons. The van der Waals surface area contributed by atoms with Crippen molar-refractivity contribution >= 4 is 18.3 Å². The summed E-state index contributed by atoms with van der Waals surface area (Å²) in [5.74, 6) is 0. The molecule has 5 nitrogen and oxygen atoms in total. The minimum absolute atomic E-state index is 0.239. The van der Waals surface area contributed by atoms with E-state index in [2.05, 4.69) is 79.9 Å². The van der Waals surface area contributed by atoms with Crippen LogP contribution in [0, 0.1) is 13.8 Å². The summed E-state index contributed by atoms with van der Waals surface area (Å²) < 4.78 is 10.2. The Morgan fingerprint density at radius 3 is 2.06 bits per heavy atom. The zero-order chi connectivity index (χ0) is 27.5. The molecule has 0 radical (unpaired) electrons. The summed E-state index contributed by atoms with van der Waals surface area (Å²) in [5, 5.41) is 0. The molecular formula is C31H43NO4. The van der Waals surface area contributed by atoms with Crippen molar-refractivity contribution in [1.29, 1.82) is 0 Å². The number of benzene rings is 2. The first-order chi connectivity index (χ1) is 16.9. The molecule has 0 heterocycles. The second-order valence-electron chi connectivity index (χ2n) is 10.0. The third-order valence-electron chi connectivity index (χ3n) is 5.90. The summed E-state index contributed by atoms with van der Waals surface area (Å²) in [6.07, 6.45) is 0.709. The van der Waals surface area contributed by atoms with E-state index in [0.717, 1.165) is 35.2 Å². The SMILES string of the molecule is C/C(=C(/C(=C(/C)C=O)C(C)OC(C)(C)C)c1ccc(C)c(C)c1)N(C)Cc1ccccc1.COC=O. The minimum atomic E-state index is -0.327. The predicted molar refractivity (Wildman–Crippen MR) is 149 cm³/mol. The number of hydrogen-bond donors (Lipinski definition) is 0. The highest BCUT2D eigenvalue weighted by molar-refractivity contribution is 5.89. The Hall–Kier alpha value is -3.18. The van der Waals surface area contributed by atoms with E-state index in [9.17, 15) is 4.79 Å². The molecule has 2 aromatic rings. The quantitative estimate of drug-likeness (QED) is 0.222. The van der Waals surface area contributed by atoms with Gasteiger partial charge in [0.2, 0.25) is 0 Å². The highest BCUT2D eigenvalue weighted by Crippen LogP contribution is 2.35. The molecular weight excluding hydrogens is 450 g/mol. The lowest BCUT2D eigenvalue weighted by molar-refractivity contribution is -0.126. The minimum Gasteiger partial charge on any atom is -0.471 e. The number of aldehydes is 1. The van der Waals surface area contributed by atoms with E-state index in [0.29, 0.717) is 12.0 Å². The molecule has 2 rings (SSSR count). The van der Waals surface area contributed by atoms with Gasteiger partial charge in [-0.3, -0.25) is 9.59 Å². The second kappa shape index (κ2) is 14.4. The van der Waals surface area contributed by atoms with Crippen molar-refractivity contribution in [1.82, 2.24) is 4.90 Å². The van der Waals surface area contributed by atoms with Crippen LogP contribution in [-0.4, -0.2) is 43.5 Å². The summed E-state index contributed by atoms with van der Waals surface area (Å²) >= 11 is 0. The number of allylic oxidation sites excluding steroid dienone is 2. The fourth-order valence-corrected chi connectivity index (χ4v) is 4.00. The number of carbonyl (C=O) groups excluding carboxylic acids is 2. The first kappa shape index (κ1) is 30.9. The van der Waals surface area contributed by atoms with Crippen LogP contribution in [0.1, 0.15) is 63.8 Å². The average molecular weight is 494 g/mol. The van der Waals surface area contributed by atoms with Crippen molar-refractivity contribution < 1.29 is 19.1 Å². The van der Waals surface area contributed by atoms with Gasteiger partial charge in [0, 0.05) is 24.9 Å². The van der Waals surface area contributed by atoms with E-state index in [1.54, 1.807) is 0 Å². The van der Waals surface area contributed by atoms with E-state index in [-0.39, 0.29) is 11.7 Å². The lowest BCUT2D eigenvalue weighted by Gasteiger charge is -2.32. The third kappa shape index (κ3) is 9.46. The fraction of sp³-hybridized carbons (Fsp3) is 0.419. The fourth-order valence-electron chi connectivity index (χ4n) is 4.00. The number of aryl methyl sites for hydroxylation is 2. The summed E-state index contributed by atoms with van der Waals surface area (Å²) in [7, 11) is 3.42. The largest absolute Gasteiger partial charge is 0.471 e. The number of hydrogen-bond acceptors (Lipinski definition) is 5. The summed E-state index contributed by atoms with van der Waals surface area (Å²) in [6, 6.07) is 17.0. The van der Waals surface area contributed by atoms with Crippen LogP contribution in [0.2, 0.25) is 0 Å². The van der Waals surface area contributed by atoms with E-state index < -0.39 is 0 Å². The zero-order valence-electron chi connectivity index (χ0n) is 23.6. The van der Waals surface area contributed by atoms with Gasteiger partial charge in [0.05, 0.1) is 18.8 Å². The topological polar surface area (TPSA) is 55.8 Å². The van der Waals surface area contributed by atoms with Gasteiger partial charge >= 0.3 is 0 Å². The van der Waals surface area contributed by atoms with E-state index in [4.69, 9.17) is 9.53 Å². The van der Waals surface area contributed by atoms with Gasteiger partial charge in [-0.1, -0.05) is 48.5 Å². The van der Waals surface area contributed by atoms with Crippen LogP contribution < -0.4 is 0 Å². The van der Waals surface area contributed by atoms with Gasteiger partial charge < -0.3 is 14.4 Å². The van der Waals surface area contributed by atoms with Gasteiger partial charge in [-0.05, 0) is 88.8 Å². The molecule has 2 aromatic carbocycles. The number of nitrogens with zero attached hydrogens (tertiary/aromatic N) is 1. The van der Waals surface area contributed by atoms with Crippen molar-refractivity contribution in [3.63, 3.8) is 0 Å². The van der Waals surface area contributed by atoms with Gasteiger partial charge in [0.25, 0.3) is 6.47 Å². The number of rotatable bonds is 9. The van der Waals surface area contributed by atoms with Crippen molar-refractivity contribution in [3.05, 3.63) is 87.6 Å². The molecule has 0 aliphatic carbocycles. The van der Waals surface area contributed by atoms with E-state index >= 15 is 0 Å². The maximum atomic E-state index is 12.0. The molecule has 0 spiro atoms. The molecule has 0 aliphatic heterocycles. The maximum absolute atomic E-state index is 12.0. The first-order valence-corrected chi connectivity index (χ1v) is 12.2. The standard InChI is InChI=1S/C29H39NO2.C2H4O2/c1-20-15-16-26(17-21(20)2)28(23(4)30(9)18-25-13-11-10-12-14-25)27(22(3)19-31)24(5)32-29(6,7)8;1-4-2-3/h10-17,19,24H,18H2,1-9H3;2H,1H3/b27-22-,28-23-;. The second-order valence-corrected chi connectivity index (χ2v) is 10.0. The Labute approximate surface area is 217 Å².